The van der Waals surface area contributed by atoms with E-state index < -0.39 is 0 Å². The maximum absolute atomic E-state index is 12.6. The SMILES string of the molecule is CCOc1cccc(N)c1C(=O)NC1CC(C)CC(C)C1. The molecule has 4 nitrogen and oxygen atoms in total. The molecule has 1 aliphatic rings. The van der Waals surface area contributed by atoms with E-state index in [0.29, 0.717) is 35.4 Å². The van der Waals surface area contributed by atoms with E-state index in [0.717, 1.165) is 12.8 Å². The van der Waals surface area contributed by atoms with Crippen molar-refractivity contribution >= 4 is 11.6 Å². The third kappa shape index (κ3) is 3.90. The highest BCUT2D eigenvalue weighted by molar-refractivity contribution is 6.02. The predicted molar refractivity (Wildman–Crippen MR) is 85.5 cm³/mol. The minimum absolute atomic E-state index is 0.122. The molecule has 0 bridgehead atoms. The fourth-order valence-corrected chi connectivity index (χ4v) is 3.39. The largest absolute Gasteiger partial charge is 0.493 e. The van der Waals surface area contributed by atoms with Gasteiger partial charge in [-0.3, -0.25) is 4.79 Å². The number of carbonyl (C=O) groups is 1. The number of hydrogen-bond acceptors (Lipinski definition) is 3. The van der Waals surface area contributed by atoms with Crippen molar-refractivity contribution in [2.75, 3.05) is 12.3 Å². The molecule has 1 saturated carbocycles. The van der Waals surface area contributed by atoms with Gasteiger partial charge in [-0.15, -0.1) is 0 Å². The molecule has 4 heteroatoms. The fraction of sp³-hybridized carbons (Fsp3) is 0.588. The van der Waals surface area contributed by atoms with Gasteiger partial charge in [0.15, 0.2) is 0 Å². The van der Waals surface area contributed by atoms with Crippen LogP contribution >= 0.6 is 0 Å². The molecule has 0 aromatic heterocycles. The Labute approximate surface area is 127 Å². The molecule has 0 heterocycles. The third-order valence-electron chi connectivity index (χ3n) is 4.10. The molecule has 1 aromatic rings. The molecule has 0 aliphatic heterocycles. The Hall–Kier alpha value is -1.71. The van der Waals surface area contributed by atoms with E-state index in [1.54, 1.807) is 12.1 Å². The van der Waals surface area contributed by atoms with Gasteiger partial charge >= 0.3 is 0 Å². The van der Waals surface area contributed by atoms with Gasteiger partial charge in [0.25, 0.3) is 5.91 Å². The van der Waals surface area contributed by atoms with Gasteiger partial charge in [0.1, 0.15) is 11.3 Å². The van der Waals surface area contributed by atoms with Crippen molar-refractivity contribution in [3.05, 3.63) is 23.8 Å². The molecule has 2 unspecified atom stereocenters. The van der Waals surface area contributed by atoms with Crippen molar-refractivity contribution in [1.29, 1.82) is 0 Å². The molecule has 0 saturated heterocycles. The molecule has 1 aliphatic carbocycles. The summed E-state index contributed by atoms with van der Waals surface area (Å²) in [6.45, 7) is 6.91. The summed E-state index contributed by atoms with van der Waals surface area (Å²) in [5.74, 6) is 1.74. The zero-order valence-corrected chi connectivity index (χ0v) is 13.2. The highest BCUT2D eigenvalue weighted by Crippen LogP contribution is 2.30. The average molecular weight is 290 g/mol. The van der Waals surface area contributed by atoms with Crippen LogP contribution in [0.1, 0.15) is 50.4 Å². The lowest BCUT2D eigenvalue weighted by molar-refractivity contribution is 0.0908. The van der Waals surface area contributed by atoms with E-state index in [-0.39, 0.29) is 11.9 Å². The van der Waals surface area contributed by atoms with Crippen LogP contribution in [0, 0.1) is 11.8 Å². The molecular weight excluding hydrogens is 264 g/mol. The van der Waals surface area contributed by atoms with Crippen LogP contribution in [0.5, 0.6) is 5.75 Å². The second-order valence-corrected chi connectivity index (χ2v) is 6.24. The zero-order chi connectivity index (χ0) is 15.4. The highest BCUT2D eigenvalue weighted by atomic mass is 16.5. The maximum atomic E-state index is 12.6. The number of nitrogens with one attached hydrogen (secondary N) is 1. The van der Waals surface area contributed by atoms with Crippen LogP contribution in [0.3, 0.4) is 0 Å². The number of ether oxygens (including phenoxy) is 1. The molecule has 116 valence electrons. The van der Waals surface area contributed by atoms with Crippen LogP contribution in [0.25, 0.3) is 0 Å². The standard InChI is InChI=1S/C17H26N2O2/c1-4-21-15-7-5-6-14(18)16(15)17(20)19-13-9-11(2)8-12(3)10-13/h5-7,11-13H,4,8-10,18H2,1-3H3,(H,19,20). The van der Waals surface area contributed by atoms with E-state index >= 15 is 0 Å². The van der Waals surface area contributed by atoms with Crippen molar-refractivity contribution in [2.45, 2.75) is 46.1 Å². The molecule has 0 radical (unpaired) electrons. The normalized spacial score (nSPS) is 25.4. The molecule has 1 fully saturated rings. The van der Waals surface area contributed by atoms with Gasteiger partial charge in [-0.05, 0) is 50.2 Å². The zero-order valence-electron chi connectivity index (χ0n) is 13.2. The highest BCUT2D eigenvalue weighted by Gasteiger charge is 2.26. The number of benzene rings is 1. The lowest BCUT2D eigenvalue weighted by atomic mass is 9.80. The van der Waals surface area contributed by atoms with Crippen molar-refractivity contribution < 1.29 is 9.53 Å². The maximum Gasteiger partial charge on any atom is 0.257 e. The van der Waals surface area contributed by atoms with Crippen molar-refractivity contribution in [3.8, 4) is 5.75 Å². The summed E-state index contributed by atoms with van der Waals surface area (Å²) in [5, 5.41) is 3.14. The Balaban J connectivity index is 2.13. The van der Waals surface area contributed by atoms with Crippen LogP contribution in [0.15, 0.2) is 18.2 Å². The summed E-state index contributed by atoms with van der Waals surface area (Å²) >= 11 is 0. The van der Waals surface area contributed by atoms with Crippen molar-refractivity contribution in [1.82, 2.24) is 5.32 Å². The van der Waals surface area contributed by atoms with Gasteiger partial charge in [0.05, 0.1) is 6.61 Å². The number of nitrogen functional groups attached to an aromatic ring is 1. The number of carbonyl (C=O) groups excluding carboxylic acids is 1. The first-order chi connectivity index (χ1) is 10.0. The molecular formula is C17H26N2O2. The van der Waals surface area contributed by atoms with Crippen LogP contribution < -0.4 is 15.8 Å². The lowest BCUT2D eigenvalue weighted by Crippen LogP contribution is -2.40. The second-order valence-electron chi connectivity index (χ2n) is 6.24. The Bertz CT molecular complexity index is 492. The molecule has 2 atom stereocenters. The number of amides is 1. The second kappa shape index (κ2) is 6.83. The first kappa shape index (κ1) is 15.7. The van der Waals surface area contributed by atoms with Gasteiger partial charge in [0, 0.05) is 11.7 Å². The van der Waals surface area contributed by atoms with Gasteiger partial charge < -0.3 is 15.8 Å². The third-order valence-corrected chi connectivity index (χ3v) is 4.10. The summed E-state index contributed by atoms with van der Waals surface area (Å²) in [5.41, 5.74) is 6.90. The van der Waals surface area contributed by atoms with E-state index in [1.807, 2.05) is 13.0 Å². The van der Waals surface area contributed by atoms with E-state index in [9.17, 15) is 4.79 Å². The molecule has 21 heavy (non-hydrogen) atoms. The Morgan fingerprint density at radius 1 is 1.29 bits per heavy atom. The molecule has 2 rings (SSSR count). The number of rotatable bonds is 4. The predicted octanol–water partition coefficient (Wildman–Crippen LogP) is 3.22. The topological polar surface area (TPSA) is 64.3 Å². The van der Waals surface area contributed by atoms with Crippen molar-refractivity contribution in [2.24, 2.45) is 11.8 Å². The average Bonchev–Trinajstić information content (AvgIpc) is 2.37. The molecule has 0 spiro atoms. The van der Waals surface area contributed by atoms with E-state index in [4.69, 9.17) is 10.5 Å². The summed E-state index contributed by atoms with van der Waals surface area (Å²) < 4.78 is 5.53. The van der Waals surface area contributed by atoms with E-state index in [2.05, 4.69) is 19.2 Å². The monoisotopic (exact) mass is 290 g/mol. The number of anilines is 1. The minimum Gasteiger partial charge on any atom is -0.493 e. The first-order valence-electron chi connectivity index (χ1n) is 7.83. The van der Waals surface area contributed by atoms with Crippen molar-refractivity contribution in [3.63, 3.8) is 0 Å². The van der Waals surface area contributed by atoms with Crippen LogP contribution in [0.2, 0.25) is 0 Å². The fourth-order valence-electron chi connectivity index (χ4n) is 3.39. The summed E-state index contributed by atoms with van der Waals surface area (Å²) in [4.78, 5) is 12.6. The van der Waals surface area contributed by atoms with Crippen LogP contribution in [-0.4, -0.2) is 18.6 Å². The summed E-state index contributed by atoms with van der Waals surface area (Å²) in [6.07, 6.45) is 3.31. The Morgan fingerprint density at radius 3 is 2.57 bits per heavy atom. The number of hydrogen-bond donors (Lipinski definition) is 2. The quantitative estimate of drug-likeness (QED) is 0.837. The van der Waals surface area contributed by atoms with E-state index in [1.165, 1.54) is 6.42 Å². The van der Waals surface area contributed by atoms with Gasteiger partial charge in [-0.25, -0.2) is 0 Å². The molecule has 1 amide bonds. The van der Waals surface area contributed by atoms with Gasteiger partial charge in [-0.2, -0.15) is 0 Å². The first-order valence-corrected chi connectivity index (χ1v) is 7.83. The Kier molecular flexibility index (Phi) is 5.10. The summed E-state index contributed by atoms with van der Waals surface area (Å²) in [6, 6.07) is 5.57. The Morgan fingerprint density at radius 2 is 1.95 bits per heavy atom. The summed E-state index contributed by atoms with van der Waals surface area (Å²) in [7, 11) is 0. The lowest BCUT2D eigenvalue weighted by Gasteiger charge is -2.32. The van der Waals surface area contributed by atoms with Crippen LogP contribution in [0.4, 0.5) is 5.69 Å². The van der Waals surface area contributed by atoms with Gasteiger partial charge in [0.2, 0.25) is 0 Å². The number of nitrogens with two attached hydrogens (primary N) is 1. The smallest absolute Gasteiger partial charge is 0.257 e. The molecule has 3 N–H and O–H groups in total. The van der Waals surface area contributed by atoms with Crippen LogP contribution in [-0.2, 0) is 0 Å². The van der Waals surface area contributed by atoms with Gasteiger partial charge in [-0.1, -0.05) is 19.9 Å². The molecule has 1 aromatic carbocycles. The minimum atomic E-state index is -0.122.